The van der Waals surface area contributed by atoms with E-state index >= 15 is 0 Å². The van der Waals surface area contributed by atoms with Crippen molar-refractivity contribution in [2.75, 3.05) is 39.0 Å². The molecule has 1 aliphatic heterocycles. The van der Waals surface area contributed by atoms with Gasteiger partial charge in [0.2, 0.25) is 0 Å². The van der Waals surface area contributed by atoms with Gasteiger partial charge in [0.1, 0.15) is 11.3 Å². The number of hydrogen-bond donors (Lipinski definition) is 2. The smallest absolute Gasteiger partial charge is 0.329 e. The van der Waals surface area contributed by atoms with Crippen molar-refractivity contribution >= 4 is 17.0 Å². The Bertz CT molecular complexity index is 742. The second kappa shape index (κ2) is 6.29. The van der Waals surface area contributed by atoms with Gasteiger partial charge >= 0.3 is 5.69 Å². The molecular formula is C15H25N7O. The summed E-state index contributed by atoms with van der Waals surface area (Å²) in [7, 11) is 2.13. The zero-order chi connectivity index (χ0) is 16.6. The number of fused-ring (bicyclic) bond motifs is 1. The molecule has 0 aliphatic carbocycles. The number of piperazine rings is 1. The minimum Gasteiger partial charge on any atom is -0.382 e. The monoisotopic (exact) mass is 319 g/mol. The van der Waals surface area contributed by atoms with Crippen LogP contribution in [0.5, 0.6) is 0 Å². The third-order valence-electron chi connectivity index (χ3n) is 4.51. The number of nitrogens with one attached hydrogen (secondary N) is 1. The normalized spacial score (nSPS) is 18.6. The SMILES string of the molecule is CCCC(N1CCN(C)CC1)n1c(=O)[nH]c2c(N)nc(C)nc21. The minimum atomic E-state index is -0.163. The Morgan fingerprint density at radius 2 is 1.96 bits per heavy atom. The highest BCUT2D eigenvalue weighted by Gasteiger charge is 2.27. The first kappa shape index (κ1) is 15.9. The maximum Gasteiger partial charge on any atom is 0.329 e. The summed E-state index contributed by atoms with van der Waals surface area (Å²) in [6.07, 6.45) is 1.90. The summed E-state index contributed by atoms with van der Waals surface area (Å²) in [6.45, 7) is 7.83. The van der Waals surface area contributed by atoms with E-state index < -0.39 is 0 Å². The van der Waals surface area contributed by atoms with Gasteiger partial charge in [0.05, 0.1) is 6.17 Å². The molecule has 0 aromatic carbocycles. The third-order valence-corrected chi connectivity index (χ3v) is 4.51. The average molecular weight is 319 g/mol. The van der Waals surface area contributed by atoms with E-state index in [1.54, 1.807) is 11.5 Å². The predicted molar refractivity (Wildman–Crippen MR) is 90.3 cm³/mol. The maximum absolute atomic E-state index is 12.6. The van der Waals surface area contributed by atoms with Gasteiger partial charge in [-0.15, -0.1) is 0 Å². The van der Waals surface area contributed by atoms with Crippen LogP contribution in [0, 0.1) is 6.92 Å². The third kappa shape index (κ3) is 2.96. The number of H-pyrrole nitrogens is 1. The fraction of sp³-hybridized carbons (Fsp3) is 0.667. The molecule has 0 spiro atoms. The van der Waals surface area contributed by atoms with Crippen molar-refractivity contribution in [1.82, 2.24) is 29.3 Å². The molecule has 126 valence electrons. The second-order valence-corrected chi connectivity index (χ2v) is 6.26. The summed E-state index contributed by atoms with van der Waals surface area (Å²) < 4.78 is 1.76. The van der Waals surface area contributed by atoms with Gasteiger partial charge in [0.25, 0.3) is 0 Å². The number of anilines is 1. The number of likely N-dealkylation sites (N-methyl/N-ethyl adjacent to an activating group) is 1. The molecule has 23 heavy (non-hydrogen) atoms. The fourth-order valence-electron chi connectivity index (χ4n) is 3.27. The lowest BCUT2D eigenvalue weighted by atomic mass is 10.2. The highest BCUT2D eigenvalue weighted by molar-refractivity contribution is 5.81. The van der Waals surface area contributed by atoms with Crippen LogP contribution in [0.4, 0.5) is 5.82 Å². The molecule has 0 radical (unpaired) electrons. The van der Waals surface area contributed by atoms with Crippen LogP contribution in [0.25, 0.3) is 11.2 Å². The van der Waals surface area contributed by atoms with E-state index in [0.29, 0.717) is 22.8 Å². The molecular weight excluding hydrogens is 294 g/mol. The lowest BCUT2D eigenvalue weighted by Crippen LogP contribution is -2.48. The number of aromatic amines is 1. The summed E-state index contributed by atoms with van der Waals surface area (Å²) in [6, 6.07) is 0. The van der Waals surface area contributed by atoms with Gasteiger partial charge < -0.3 is 15.6 Å². The molecule has 2 aromatic rings. The van der Waals surface area contributed by atoms with Crippen molar-refractivity contribution in [2.24, 2.45) is 0 Å². The number of aryl methyl sites for hydroxylation is 1. The van der Waals surface area contributed by atoms with Crippen molar-refractivity contribution in [1.29, 1.82) is 0 Å². The first-order chi connectivity index (χ1) is 11.0. The number of nitrogen functional groups attached to an aromatic ring is 1. The Kier molecular flexibility index (Phi) is 4.36. The zero-order valence-electron chi connectivity index (χ0n) is 14.0. The summed E-state index contributed by atoms with van der Waals surface area (Å²) >= 11 is 0. The molecule has 2 aromatic heterocycles. The summed E-state index contributed by atoms with van der Waals surface area (Å²) in [4.78, 5) is 28.7. The van der Waals surface area contributed by atoms with Crippen molar-refractivity contribution in [3.63, 3.8) is 0 Å². The summed E-state index contributed by atoms with van der Waals surface area (Å²) in [5.41, 5.74) is 6.94. The van der Waals surface area contributed by atoms with Gasteiger partial charge in [-0.3, -0.25) is 9.47 Å². The Balaban J connectivity index is 2.07. The van der Waals surface area contributed by atoms with E-state index in [4.69, 9.17) is 5.73 Å². The van der Waals surface area contributed by atoms with E-state index in [1.165, 1.54) is 0 Å². The first-order valence-electron chi connectivity index (χ1n) is 8.18. The Morgan fingerprint density at radius 3 is 2.61 bits per heavy atom. The van der Waals surface area contributed by atoms with Gasteiger partial charge in [0.15, 0.2) is 11.5 Å². The highest BCUT2D eigenvalue weighted by atomic mass is 16.1. The number of imidazole rings is 1. The van der Waals surface area contributed by atoms with Crippen LogP contribution in [-0.4, -0.2) is 62.5 Å². The van der Waals surface area contributed by atoms with Crippen LogP contribution in [0.3, 0.4) is 0 Å². The van der Waals surface area contributed by atoms with Gasteiger partial charge in [-0.2, -0.15) is 0 Å². The largest absolute Gasteiger partial charge is 0.382 e. The molecule has 0 saturated carbocycles. The Hall–Kier alpha value is -1.93. The number of nitrogens with zero attached hydrogens (tertiary/aromatic N) is 5. The van der Waals surface area contributed by atoms with Crippen LogP contribution < -0.4 is 11.4 Å². The molecule has 1 unspecified atom stereocenters. The van der Waals surface area contributed by atoms with E-state index in [9.17, 15) is 4.79 Å². The lowest BCUT2D eigenvalue weighted by molar-refractivity contribution is 0.0704. The maximum atomic E-state index is 12.6. The Labute approximate surface area is 135 Å². The van der Waals surface area contributed by atoms with Gasteiger partial charge in [0, 0.05) is 26.2 Å². The van der Waals surface area contributed by atoms with Crippen LogP contribution >= 0.6 is 0 Å². The van der Waals surface area contributed by atoms with E-state index in [1.807, 2.05) is 0 Å². The molecule has 1 atom stereocenters. The molecule has 0 bridgehead atoms. The predicted octanol–water partition coefficient (Wildman–Crippen LogP) is 0.556. The minimum absolute atomic E-state index is 0.00338. The highest BCUT2D eigenvalue weighted by Crippen LogP contribution is 2.24. The van der Waals surface area contributed by atoms with E-state index in [2.05, 4.69) is 38.7 Å². The van der Waals surface area contributed by atoms with Crippen molar-refractivity contribution in [3.8, 4) is 0 Å². The van der Waals surface area contributed by atoms with Gasteiger partial charge in [-0.25, -0.2) is 14.8 Å². The standard InChI is InChI=1S/C15H25N7O/c1-4-5-11(21-8-6-20(3)7-9-21)22-14-12(19-15(22)23)13(16)17-10(2)18-14/h11H,4-9H2,1-3H3,(H,19,23)(H2,16,17,18). The molecule has 3 rings (SSSR count). The zero-order valence-corrected chi connectivity index (χ0v) is 14.0. The van der Waals surface area contributed by atoms with Gasteiger partial charge in [-0.1, -0.05) is 13.3 Å². The molecule has 3 heterocycles. The molecule has 3 N–H and O–H groups in total. The number of aromatic nitrogens is 4. The van der Waals surface area contributed by atoms with Crippen LogP contribution in [0.2, 0.25) is 0 Å². The summed E-state index contributed by atoms with van der Waals surface area (Å²) in [5.74, 6) is 0.911. The van der Waals surface area contributed by atoms with Crippen molar-refractivity contribution in [3.05, 3.63) is 16.3 Å². The topological polar surface area (TPSA) is 96.1 Å². The number of hydrogen-bond acceptors (Lipinski definition) is 6. The second-order valence-electron chi connectivity index (χ2n) is 6.26. The first-order valence-corrected chi connectivity index (χ1v) is 8.18. The van der Waals surface area contributed by atoms with Crippen molar-refractivity contribution in [2.45, 2.75) is 32.9 Å². The fourth-order valence-corrected chi connectivity index (χ4v) is 3.27. The molecule has 8 nitrogen and oxygen atoms in total. The van der Waals surface area contributed by atoms with Crippen LogP contribution in [0.1, 0.15) is 31.8 Å². The number of rotatable bonds is 4. The van der Waals surface area contributed by atoms with Crippen molar-refractivity contribution < 1.29 is 0 Å². The molecule has 0 amide bonds. The van der Waals surface area contributed by atoms with E-state index in [0.717, 1.165) is 39.0 Å². The molecule has 8 heteroatoms. The molecule has 1 saturated heterocycles. The van der Waals surface area contributed by atoms with Crippen LogP contribution in [0.15, 0.2) is 4.79 Å². The molecule has 1 fully saturated rings. The number of nitrogens with two attached hydrogens (primary N) is 1. The Morgan fingerprint density at radius 1 is 1.26 bits per heavy atom. The lowest BCUT2D eigenvalue weighted by Gasteiger charge is -2.38. The summed E-state index contributed by atoms with van der Waals surface area (Å²) in [5, 5.41) is 0. The quantitative estimate of drug-likeness (QED) is 0.855. The van der Waals surface area contributed by atoms with Gasteiger partial charge in [-0.05, 0) is 20.4 Å². The molecule has 1 aliphatic rings. The van der Waals surface area contributed by atoms with E-state index in [-0.39, 0.29) is 11.9 Å². The average Bonchev–Trinajstić information content (AvgIpc) is 2.83. The van der Waals surface area contributed by atoms with Crippen LogP contribution in [-0.2, 0) is 0 Å².